The van der Waals surface area contributed by atoms with Crippen LogP contribution in [0.2, 0.25) is 0 Å². The normalized spacial score (nSPS) is 14.3. The van der Waals surface area contributed by atoms with Crippen molar-refractivity contribution in [1.29, 1.82) is 0 Å². The fraction of sp³-hybridized carbons (Fsp3) is 0.250. The first-order chi connectivity index (χ1) is 18.9. The molecule has 0 saturated carbocycles. The second-order valence-electron chi connectivity index (χ2n) is 9.76. The van der Waals surface area contributed by atoms with Crippen molar-refractivity contribution < 1.29 is 19.1 Å². The summed E-state index contributed by atoms with van der Waals surface area (Å²) in [6.45, 7) is 4.38. The molecule has 1 aliphatic rings. The predicted octanol–water partition coefficient (Wildman–Crippen LogP) is 5.78. The first-order valence-corrected chi connectivity index (χ1v) is 13.0. The van der Waals surface area contributed by atoms with Gasteiger partial charge in [-0.25, -0.2) is 9.80 Å². The summed E-state index contributed by atoms with van der Waals surface area (Å²) in [5.41, 5.74) is 5.07. The van der Waals surface area contributed by atoms with Crippen molar-refractivity contribution in [1.82, 2.24) is 5.01 Å². The first kappa shape index (κ1) is 27.5. The van der Waals surface area contributed by atoms with E-state index in [9.17, 15) is 14.4 Å². The molecule has 1 heterocycles. The van der Waals surface area contributed by atoms with Gasteiger partial charge in [-0.05, 0) is 40.3 Å². The van der Waals surface area contributed by atoms with Crippen LogP contribution in [0.15, 0.2) is 90.0 Å². The van der Waals surface area contributed by atoms with Gasteiger partial charge in [0.05, 0.1) is 25.3 Å². The Morgan fingerprint density at radius 2 is 1.67 bits per heavy atom. The minimum Gasteiger partial charge on any atom is -0.466 e. The average molecular weight is 524 g/mol. The second-order valence-corrected chi connectivity index (χ2v) is 9.76. The first-order valence-electron chi connectivity index (χ1n) is 13.0. The highest BCUT2D eigenvalue weighted by molar-refractivity contribution is 6.04. The highest BCUT2D eigenvalue weighted by Gasteiger charge is 2.26. The summed E-state index contributed by atoms with van der Waals surface area (Å²) in [5.74, 6) is -0.964. The smallest absolute Gasteiger partial charge is 0.330 e. The van der Waals surface area contributed by atoms with E-state index >= 15 is 0 Å². The standard InChI is InChI=1S/C32H33N3O4/c1-22(2)31(32(38)33-27-12-8-7-11-25(27)17-20-30(37)39-3)26-15-13-23(14-16-26)21-35-29(36)19-18-28(34-35)24-9-5-4-6-10-24/h4-17,20,22,31H,18-19,21H2,1-3H3,(H,33,38)/b20-17+. The lowest BCUT2D eigenvalue weighted by Gasteiger charge is -2.24. The van der Waals surface area contributed by atoms with E-state index in [1.165, 1.54) is 18.2 Å². The molecule has 3 aromatic rings. The third-order valence-electron chi connectivity index (χ3n) is 6.65. The zero-order valence-electron chi connectivity index (χ0n) is 22.5. The van der Waals surface area contributed by atoms with Crippen LogP contribution in [0, 0.1) is 5.92 Å². The zero-order chi connectivity index (χ0) is 27.8. The maximum absolute atomic E-state index is 13.4. The van der Waals surface area contributed by atoms with Crippen LogP contribution in [0.25, 0.3) is 6.08 Å². The SMILES string of the molecule is COC(=O)/C=C/c1ccccc1NC(=O)C(c1ccc(CN2N=C(c3ccccc3)CCC2=O)cc1)C(C)C. The van der Waals surface area contributed by atoms with Gasteiger partial charge in [-0.1, -0.05) is 86.6 Å². The average Bonchev–Trinajstić information content (AvgIpc) is 2.95. The molecule has 1 aliphatic heterocycles. The molecule has 0 saturated heterocycles. The van der Waals surface area contributed by atoms with Gasteiger partial charge in [0, 0.05) is 24.6 Å². The summed E-state index contributed by atoms with van der Waals surface area (Å²) in [6, 6.07) is 25.0. The van der Waals surface area contributed by atoms with Crippen LogP contribution in [0.4, 0.5) is 5.69 Å². The van der Waals surface area contributed by atoms with Gasteiger partial charge in [0.2, 0.25) is 11.8 Å². The van der Waals surface area contributed by atoms with E-state index in [1.54, 1.807) is 12.1 Å². The molecule has 0 bridgehead atoms. The third-order valence-corrected chi connectivity index (χ3v) is 6.65. The molecule has 0 aliphatic carbocycles. The van der Waals surface area contributed by atoms with Crippen LogP contribution in [0.1, 0.15) is 54.9 Å². The Labute approximate surface area is 229 Å². The maximum atomic E-state index is 13.4. The minimum absolute atomic E-state index is 0.00175. The number of amides is 2. The largest absolute Gasteiger partial charge is 0.466 e. The Morgan fingerprint density at radius 3 is 2.36 bits per heavy atom. The van der Waals surface area contributed by atoms with E-state index in [1.807, 2.05) is 86.6 Å². The number of para-hydroxylation sites is 1. The lowest BCUT2D eigenvalue weighted by atomic mass is 9.87. The van der Waals surface area contributed by atoms with E-state index in [0.717, 1.165) is 22.4 Å². The highest BCUT2D eigenvalue weighted by atomic mass is 16.5. The minimum atomic E-state index is -0.468. The van der Waals surface area contributed by atoms with Crippen molar-refractivity contribution in [3.05, 3.63) is 107 Å². The molecule has 0 radical (unpaired) electrons. The fourth-order valence-corrected chi connectivity index (χ4v) is 4.60. The lowest BCUT2D eigenvalue weighted by Crippen LogP contribution is -2.31. The molecular formula is C32H33N3O4. The number of nitrogens with one attached hydrogen (secondary N) is 1. The molecule has 4 rings (SSSR count). The summed E-state index contributed by atoms with van der Waals surface area (Å²) in [7, 11) is 1.32. The summed E-state index contributed by atoms with van der Waals surface area (Å²) >= 11 is 0. The molecule has 2 amide bonds. The molecule has 1 unspecified atom stereocenters. The lowest BCUT2D eigenvalue weighted by molar-refractivity contribution is -0.135. The number of hydrogen-bond acceptors (Lipinski definition) is 5. The summed E-state index contributed by atoms with van der Waals surface area (Å²) in [5, 5.41) is 9.19. The Morgan fingerprint density at radius 1 is 0.974 bits per heavy atom. The number of anilines is 1. The van der Waals surface area contributed by atoms with Crippen LogP contribution < -0.4 is 5.32 Å². The molecule has 0 spiro atoms. The number of hydrogen-bond donors (Lipinski definition) is 1. The van der Waals surface area contributed by atoms with Crippen molar-refractivity contribution in [3.63, 3.8) is 0 Å². The zero-order valence-corrected chi connectivity index (χ0v) is 22.5. The van der Waals surface area contributed by atoms with Crippen molar-refractivity contribution >= 4 is 35.3 Å². The highest BCUT2D eigenvalue weighted by Crippen LogP contribution is 2.28. The number of rotatable bonds is 9. The number of ether oxygens (including phenoxy) is 1. The number of nitrogens with zero attached hydrogens (tertiary/aromatic N) is 2. The van der Waals surface area contributed by atoms with Gasteiger partial charge in [0.15, 0.2) is 0 Å². The van der Waals surface area contributed by atoms with Gasteiger partial charge in [-0.2, -0.15) is 5.10 Å². The van der Waals surface area contributed by atoms with Crippen LogP contribution >= 0.6 is 0 Å². The molecule has 1 N–H and O–H groups in total. The van der Waals surface area contributed by atoms with Crippen molar-refractivity contribution in [2.45, 2.75) is 39.2 Å². The topological polar surface area (TPSA) is 88.1 Å². The summed E-state index contributed by atoms with van der Waals surface area (Å²) in [4.78, 5) is 37.5. The van der Waals surface area contributed by atoms with Crippen LogP contribution in [-0.2, 0) is 25.7 Å². The van der Waals surface area contributed by atoms with Crippen molar-refractivity contribution in [3.8, 4) is 0 Å². The maximum Gasteiger partial charge on any atom is 0.330 e. The molecule has 200 valence electrons. The second kappa shape index (κ2) is 12.8. The molecule has 3 aromatic carbocycles. The number of carbonyl (C=O) groups is 3. The van der Waals surface area contributed by atoms with Gasteiger partial charge >= 0.3 is 5.97 Å². The van der Waals surface area contributed by atoms with Crippen molar-refractivity contribution in [2.75, 3.05) is 12.4 Å². The quantitative estimate of drug-likeness (QED) is 0.285. The van der Waals surface area contributed by atoms with E-state index in [-0.39, 0.29) is 17.7 Å². The molecule has 7 heteroatoms. The number of benzene rings is 3. The molecule has 39 heavy (non-hydrogen) atoms. The van der Waals surface area contributed by atoms with Gasteiger partial charge in [0.1, 0.15) is 0 Å². The van der Waals surface area contributed by atoms with E-state index in [0.29, 0.717) is 30.6 Å². The predicted molar refractivity (Wildman–Crippen MR) is 153 cm³/mol. The summed E-state index contributed by atoms with van der Waals surface area (Å²) in [6.07, 6.45) is 4.00. The van der Waals surface area contributed by atoms with Crippen LogP contribution in [0.3, 0.4) is 0 Å². The Hall–Kier alpha value is -4.52. The number of methoxy groups -OCH3 is 1. The Kier molecular flexibility index (Phi) is 9.05. The molecule has 1 atom stereocenters. The fourth-order valence-electron chi connectivity index (χ4n) is 4.60. The summed E-state index contributed by atoms with van der Waals surface area (Å²) < 4.78 is 4.67. The third kappa shape index (κ3) is 7.08. The van der Waals surface area contributed by atoms with Gasteiger partial charge in [-0.15, -0.1) is 0 Å². The molecule has 0 fully saturated rings. The molecule has 7 nitrogen and oxygen atoms in total. The van der Waals surface area contributed by atoms with Gasteiger partial charge in [0.25, 0.3) is 0 Å². The van der Waals surface area contributed by atoms with Gasteiger partial charge in [-0.3, -0.25) is 9.59 Å². The van der Waals surface area contributed by atoms with Crippen LogP contribution in [-0.4, -0.2) is 35.6 Å². The molecular weight excluding hydrogens is 490 g/mol. The van der Waals surface area contributed by atoms with Gasteiger partial charge < -0.3 is 10.1 Å². The van der Waals surface area contributed by atoms with Crippen molar-refractivity contribution in [2.24, 2.45) is 11.0 Å². The van der Waals surface area contributed by atoms with E-state index in [4.69, 9.17) is 0 Å². The number of esters is 1. The molecule has 0 aromatic heterocycles. The Bertz CT molecular complexity index is 1380. The Balaban J connectivity index is 1.49. The number of hydrazone groups is 1. The van der Waals surface area contributed by atoms with E-state index < -0.39 is 11.9 Å². The monoisotopic (exact) mass is 523 g/mol. The van der Waals surface area contributed by atoms with E-state index in [2.05, 4.69) is 15.2 Å². The number of carbonyl (C=O) groups excluding carboxylic acids is 3. The van der Waals surface area contributed by atoms with Crippen LogP contribution in [0.5, 0.6) is 0 Å².